The zero-order valence-electron chi connectivity index (χ0n) is 12.0. The van der Waals surface area contributed by atoms with Crippen molar-refractivity contribution in [2.24, 2.45) is 5.84 Å². The Morgan fingerprint density at radius 3 is 2.57 bits per heavy atom. The largest absolute Gasteiger partial charge is 0.496 e. The smallest absolute Gasteiger partial charge is 0.123 e. The van der Waals surface area contributed by atoms with E-state index in [1.807, 2.05) is 37.3 Å². The van der Waals surface area contributed by atoms with Gasteiger partial charge in [-0.15, -0.1) is 0 Å². The van der Waals surface area contributed by atoms with Gasteiger partial charge in [0, 0.05) is 15.6 Å². The standard InChI is InChI=1S/C16H18Cl2N2O/c1-10-3-4-11(14(18)7-10)8-15(20-19)13-9-12(17)5-6-16(13)21-2/h3-7,9,15,20H,8,19H2,1-2H3. The molecule has 112 valence electrons. The molecule has 0 bridgehead atoms. The molecule has 0 aromatic heterocycles. The molecule has 0 saturated carbocycles. The van der Waals surface area contributed by atoms with Crippen LogP contribution in [0.2, 0.25) is 10.0 Å². The first-order valence-corrected chi connectivity index (χ1v) is 7.35. The van der Waals surface area contributed by atoms with Crippen LogP contribution in [0.15, 0.2) is 36.4 Å². The molecule has 3 N–H and O–H groups in total. The molecule has 2 aromatic rings. The molecule has 2 rings (SSSR count). The molecule has 0 aliphatic rings. The average Bonchev–Trinajstić information content (AvgIpc) is 2.46. The lowest BCUT2D eigenvalue weighted by molar-refractivity contribution is 0.399. The first-order chi connectivity index (χ1) is 10.0. The van der Waals surface area contributed by atoms with Crippen LogP contribution in [0.25, 0.3) is 0 Å². The number of hydrogen-bond donors (Lipinski definition) is 2. The fourth-order valence-electron chi connectivity index (χ4n) is 2.27. The van der Waals surface area contributed by atoms with Gasteiger partial charge in [0.2, 0.25) is 0 Å². The summed E-state index contributed by atoms with van der Waals surface area (Å²) in [5.41, 5.74) is 5.87. The highest BCUT2D eigenvalue weighted by Crippen LogP contribution is 2.31. The first-order valence-electron chi connectivity index (χ1n) is 6.59. The minimum atomic E-state index is -0.140. The zero-order chi connectivity index (χ0) is 15.4. The van der Waals surface area contributed by atoms with Gasteiger partial charge in [-0.25, -0.2) is 0 Å². The third-order valence-electron chi connectivity index (χ3n) is 3.40. The number of halogens is 2. The summed E-state index contributed by atoms with van der Waals surface area (Å²) in [6.07, 6.45) is 0.645. The summed E-state index contributed by atoms with van der Waals surface area (Å²) in [4.78, 5) is 0. The van der Waals surface area contributed by atoms with Crippen LogP contribution in [0.3, 0.4) is 0 Å². The van der Waals surface area contributed by atoms with Gasteiger partial charge < -0.3 is 4.74 Å². The van der Waals surface area contributed by atoms with Crippen LogP contribution in [0.1, 0.15) is 22.7 Å². The van der Waals surface area contributed by atoms with Crippen LogP contribution in [0.4, 0.5) is 0 Å². The van der Waals surface area contributed by atoms with Crippen LogP contribution in [0, 0.1) is 6.92 Å². The second-order valence-electron chi connectivity index (χ2n) is 4.90. The highest BCUT2D eigenvalue weighted by atomic mass is 35.5. The summed E-state index contributed by atoms with van der Waals surface area (Å²) in [7, 11) is 1.62. The molecule has 0 radical (unpaired) electrons. The summed E-state index contributed by atoms with van der Waals surface area (Å²) in [6.45, 7) is 2.01. The number of rotatable bonds is 5. The molecule has 0 aliphatic heterocycles. The van der Waals surface area contributed by atoms with E-state index in [1.165, 1.54) is 0 Å². The van der Waals surface area contributed by atoms with Crippen molar-refractivity contribution >= 4 is 23.2 Å². The van der Waals surface area contributed by atoms with E-state index in [1.54, 1.807) is 13.2 Å². The lowest BCUT2D eigenvalue weighted by atomic mass is 9.98. The molecular formula is C16H18Cl2N2O. The summed E-state index contributed by atoms with van der Waals surface area (Å²) in [5.74, 6) is 6.46. The number of benzene rings is 2. The van der Waals surface area contributed by atoms with Crippen LogP contribution in [-0.2, 0) is 6.42 Å². The summed E-state index contributed by atoms with van der Waals surface area (Å²) in [5, 5.41) is 1.37. The quantitative estimate of drug-likeness (QED) is 0.644. The minimum absolute atomic E-state index is 0.140. The predicted octanol–water partition coefficient (Wildman–Crippen LogP) is 4.06. The number of methoxy groups -OCH3 is 1. The van der Waals surface area contributed by atoms with E-state index >= 15 is 0 Å². The lowest BCUT2D eigenvalue weighted by Crippen LogP contribution is -2.30. The molecule has 21 heavy (non-hydrogen) atoms. The fraction of sp³-hybridized carbons (Fsp3) is 0.250. The van der Waals surface area contributed by atoms with E-state index in [0.717, 1.165) is 27.5 Å². The first kappa shape index (κ1) is 16.1. The van der Waals surface area contributed by atoms with Crippen LogP contribution in [-0.4, -0.2) is 7.11 Å². The van der Waals surface area contributed by atoms with E-state index in [9.17, 15) is 0 Å². The van der Waals surface area contributed by atoms with Crippen molar-refractivity contribution < 1.29 is 4.74 Å². The normalized spacial score (nSPS) is 12.2. The molecule has 0 fully saturated rings. The molecule has 2 aromatic carbocycles. The van der Waals surface area contributed by atoms with E-state index in [0.29, 0.717) is 11.4 Å². The van der Waals surface area contributed by atoms with Crippen molar-refractivity contribution in [3.8, 4) is 5.75 Å². The highest BCUT2D eigenvalue weighted by molar-refractivity contribution is 6.31. The van der Waals surface area contributed by atoms with Crippen LogP contribution in [0.5, 0.6) is 5.75 Å². The van der Waals surface area contributed by atoms with E-state index < -0.39 is 0 Å². The summed E-state index contributed by atoms with van der Waals surface area (Å²) >= 11 is 12.4. The van der Waals surface area contributed by atoms with Gasteiger partial charge in [-0.05, 0) is 48.7 Å². The monoisotopic (exact) mass is 324 g/mol. The molecule has 0 amide bonds. The Morgan fingerprint density at radius 2 is 1.95 bits per heavy atom. The van der Waals surface area contributed by atoms with Gasteiger partial charge in [0.05, 0.1) is 13.2 Å². The van der Waals surface area contributed by atoms with Crippen LogP contribution >= 0.6 is 23.2 Å². The molecule has 0 spiro atoms. The van der Waals surface area contributed by atoms with Gasteiger partial charge in [0.1, 0.15) is 5.75 Å². The topological polar surface area (TPSA) is 47.3 Å². The van der Waals surface area contributed by atoms with Crippen LogP contribution < -0.4 is 16.0 Å². The number of hydrogen-bond acceptors (Lipinski definition) is 3. The Labute approximate surface area is 135 Å². The van der Waals surface area contributed by atoms with E-state index in [2.05, 4.69) is 5.43 Å². The Balaban J connectivity index is 2.34. The molecular weight excluding hydrogens is 307 g/mol. The zero-order valence-corrected chi connectivity index (χ0v) is 13.5. The molecule has 3 nitrogen and oxygen atoms in total. The second kappa shape index (κ2) is 7.14. The number of hydrazine groups is 1. The van der Waals surface area contributed by atoms with E-state index in [4.69, 9.17) is 33.8 Å². The van der Waals surface area contributed by atoms with E-state index in [-0.39, 0.29) is 6.04 Å². The maximum atomic E-state index is 6.30. The van der Waals surface area contributed by atoms with Crippen molar-refractivity contribution in [3.05, 3.63) is 63.1 Å². The SMILES string of the molecule is COc1ccc(Cl)cc1C(Cc1ccc(C)cc1Cl)NN. The minimum Gasteiger partial charge on any atom is -0.496 e. The van der Waals surface area contributed by atoms with Crippen molar-refractivity contribution in [3.63, 3.8) is 0 Å². The van der Waals surface area contributed by atoms with Gasteiger partial charge in [-0.3, -0.25) is 11.3 Å². The molecule has 0 heterocycles. The van der Waals surface area contributed by atoms with Crippen molar-refractivity contribution in [1.29, 1.82) is 0 Å². The molecule has 0 aliphatic carbocycles. The Hall–Kier alpha value is -1.26. The molecule has 0 saturated heterocycles. The number of ether oxygens (including phenoxy) is 1. The predicted molar refractivity (Wildman–Crippen MR) is 88.0 cm³/mol. The number of nitrogens with one attached hydrogen (secondary N) is 1. The molecule has 5 heteroatoms. The second-order valence-corrected chi connectivity index (χ2v) is 5.75. The molecule has 1 atom stereocenters. The van der Waals surface area contributed by atoms with Crippen molar-refractivity contribution in [1.82, 2.24) is 5.43 Å². The van der Waals surface area contributed by atoms with Crippen molar-refractivity contribution in [2.45, 2.75) is 19.4 Å². The molecule has 1 unspecified atom stereocenters. The lowest BCUT2D eigenvalue weighted by Gasteiger charge is -2.20. The third-order valence-corrected chi connectivity index (χ3v) is 3.99. The summed E-state index contributed by atoms with van der Waals surface area (Å²) < 4.78 is 5.38. The maximum absolute atomic E-state index is 6.30. The average molecular weight is 325 g/mol. The van der Waals surface area contributed by atoms with Gasteiger partial charge in [-0.1, -0.05) is 35.3 Å². The van der Waals surface area contributed by atoms with Gasteiger partial charge in [0.15, 0.2) is 0 Å². The fourth-order valence-corrected chi connectivity index (χ4v) is 2.77. The van der Waals surface area contributed by atoms with Gasteiger partial charge >= 0.3 is 0 Å². The third kappa shape index (κ3) is 3.89. The Morgan fingerprint density at radius 1 is 1.19 bits per heavy atom. The Bertz CT molecular complexity index is 632. The highest BCUT2D eigenvalue weighted by Gasteiger charge is 2.17. The van der Waals surface area contributed by atoms with Crippen molar-refractivity contribution in [2.75, 3.05) is 7.11 Å². The van der Waals surface area contributed by atoms with Gasteiger partial charge in [-0.2, -0.15) is 0 Å². The summed E-state index contributed by atoms with van der Waals surface area (Å²) in [6, 6.07) is 11.3. The maximum Gasteiger partial charge on any atom is 0.123 e. The number of aryl methyl sites for hydroxylation is 1. The Kier molecular flexibility index (Phi) is 5.48. The van der Waals surface area contributed by atoms with Gasteiger partial charge in [0.25, 0.3) is 0 Å². The number of nitrogens with two attached hydrogens (primary N) is 1.